The molecule has 1 aromatic heterocycles. The van der Waals surface area contributed by atoms with Crippen LogP contribution in [0.2, 0.25) is 0 Å². The molecule has 2 aromatic rings. The first kappa shape index (κ1) is 23.3. The Hall–Kier alpha value is -3.40. The summed E-state index contributed by atoms with van der Waals surface area (Å²) in [5.41, 5.74) is 0.493. The number of esters is 1. The van der Waals surface area contributed by atoms with Gasteiger partial charge in [0.15, 0.2) is 0 Å². The molecule has 0 saturated carbocycles. The van der Waals surface area contributed by atoms with Gasteiger partial charge >= 0.3 is 5.97 Å². The molecule has 10 nitrogen and oxygen atoms in total. The summed E-state index contributed by atoms with van der Waals surface area (Å²) in [5, 5.41) is 6.89. The highest BCUT2D eigenvalue weighted by Crippen LogP contribution is 2.14. The number of hydrogen-bond acceptors (Lipinski definition) is 7. The van der Waals surface area contributed by atoms with Gasteiger partial charge in [0.05, 0.1) is 57.2 Å². The van der Waals surface area contributed by atoms with E-state index in [9.17, 15) is 14.4 Å². The van der Waals surface area contributed by atoms with Crippen molar-refractivity contribution in [2.45, 2.75) is 32.4 Å². The van der Waals surface area contributed by atoms with Crippen molar-refractivity contribution in [2.24, 2.45) is 0 Å². The van der Waals surface area contributed by atoms with Crippen molar-refractivity contribution in [1.29, 1.82) is 0 Å². The summed E-state index contributed by atoms with van der Waals surface area (Å²) in [5.74, 6) is -0.0496. The first-order chi connectivity index (χ1) is 15.5. The van der Waals surface area contributed by atoms with E-state index in [0.717, 1.165) is 0 Å². The largest absolute Gasteiger partial charge is 0.493 e. The number of rotatable bonds is 10. The van der Waals surface area contributed by atoms with E-state index in [1.165, 1.54) is 10.9 Å². The van der Waals surface area contributed by atoms with Crippen LogP contribution in [0, 0.1) is 0 Å². The van der Waals surface area contributed by atoms with Crippen LogP contribution in [0.5, 0.6) is 5.75 Å². The lowest BCUT2D eigenvalue weighted by molar-refractivity contribution is -0.150. The maximum atomic E-state index is 12.8. The second kappa shape index (κ2) is 11.8. The molecule has 2 amide bonds. The van der Waals surface area contributed by atoms with E-state index < -0.39 is 0 Å². The molecule has 1 aliphatic rings. The van der Waals surface area contributed by atoms with Crippen molar-refractivity contribution in [1.82, 2.24) is 14.7 Å². The summed E-state index contributed by atoms with van der Waals surface area (Å²) in [4.78, 5) is 38.3. The number of benzene rings is 1. The van der Waals surface area contributed by atoms with E-state index in [4.69, 9.17) is 14.2 Å². The van der Waals surface area contributed by atoms with Crippen molar-refractivity contribution < 1.29 is 28.6 Å². The van der Waals surface area contributed by atoms with Gasteiger partial charge in [0.2, 0.25) is 11.8 Å². The molecule has 1 aromatic carbocycles. The molecule has 0 bridgehead atoms. The highest BCUT2D eigenvalue weighted by molar-refractivity contribution is 5.90. The molecule has 1 fully saturated rings. The van der Waals surface area contributed by atoms with Gasteiger partial charge in [-0.15, -0.1) is 0 Å². The minimum Gasteiger partial charge on any atom is -0.493 e. The molecule has 172 valence electrons. The molecule has 3 rings (SSSR count). The number of nitrogens with one attached hydrogen (secondary N) is 1. The van der Waals surface area contributed by atoms with Gasteiger partial charge < -0.3 is 24.4 Å². The van der Waals surface area contributed by atoms with Crippen LogP contribution < -0.4 is 10.1 Å². The van der Waals surface area contributed by atoms with Crippen LogP contribution in [0.3, 0.4) is 0 Å². The summed E-state index contributed by atoms with van der Waals surface area (Å²) >= 11 is 0. The number of hydrogen-bond donors (Lipinski definition) is 1. The summed E-state index contributed by atoms with van der Waals surface area (Å²) in [7, 11) is 0. The highest BCUT2D eigenvalue weighted by atomic mass is 16.5. The Bertz CT molecular complexity index is 901. The van der Waals surface area contributed by atoms with E-state index in [0.29, 0.717) is 31.2 Å². The predicted octanol–water partition coefficient (Wildman–Crippen LogP) is 1.47. The quantitative estimate of drug-likeness (QED) is 0.552. The fraction of sp³-hybridized carbons (Fsp3) is 0.455. The molecular weight excluding hydrogens is 416 g/mol. The summed E-state index contributed by atoms with van der Waals surface area (Å²) < 4.78 is 17.4. The van der Waals surface area contributed by atoms with E-state index in [-0.39, 0.29) is 56.4 Å². The van der Waals surface area contributed by atoms with Crippen LogP contribution >= 0.6 is 0 Å². The Morgan fingerprint density at radius 2 is 2.06 bits per heavy atom. The van der Waals surface area contributed by atoms with Crippen molar-refractivity contribution in [2.75, 3.05) is 38.3 Å². The topological polar surface area (TPSA) is 112 Å². The maximum Gasteiger partial charge on any atom is 0.307 e. The summed E-state index contributed by atoms with van der Waals surface area (Å²) in [6.45, 7) is 3.37. The standard InChI is InChI=1S/C22H28N4O6/c1-2-31-22(29)12-18-16-30-11-9-26(18)21(28)15-25-14-17(13-23-25)24-20(27)8-10-32-19-6-4-3-5-7-19/h3-7,13-14,18H,2,8-12,15-16H2,1H3,(H,24,27). The SMILES string of the molecule is CCOC(=O)CC1COCCN1C(=O)Cn1cc(NC(=O)CCOc2ccccc2)cn1. The number of aromatic nitrogens is 2. The Morgan fingerprint density at radius 3 is 2.84 bits per heavy atom. The zero-order valence-electron chi connectivity index (χ0n) is 18.1. The number of anilines is 1. The van der Waals surface area contributed by atoms with Crippen LogP contribution in [0.15, 0.2) is 42.7 Å². The lowest BCUT2D eigenvalue weighted by Crippen LogP contribution is -2.50. The Kier molecular flexibility index (Phi) is 8.61. The van der Waals surface area contributed by atoms with Gasteiger partial charge in [-0.3, -0.25) is 19.1 Å². The van der Waals surface area contributed by atoms with E-state index in [1.807, 2.05) is 30.3 Å². The zero-order chi connectivity index (χ0) is 22.8. The lowest BCUT2D eigenvalue weighted by Gasteiger charge is -2.35. The van der Waals surface area contributed by atoms with Gasteiger partial charge in [-0.2, -0.15) is 5.10 Å². The molecule has 32 heavy (non-hydrogen) atoms. The van der Waals surface area contributed by atoms with Gasteiger partial charge in [0.1, 0.15) is 12.3 Å². The highest BCUT2D eigenvalue weighted by Gasteiger charge is 2.29. The molecule has 1 N–H and O–H groups in total. The minimum atomic E-state index is -0.366. The van der Waals surface area contributed by atoms with Crippen molar-refractivity contribution in [3.63, 3.8) is 0 Å². The average molecular weight is 444 g/mol. The first-order valence-electron chi connectivity index (χ1n) is 10.6. The molecule has 1 atom stereocenters. The van der Waals surface area contributed by atoms with Gasteiger partial charge in [-0.1, -0.05) is 18.2 Å². The predicted molar refractivity (Wildman–Crippen MR) is 115 cm³/mol. The third kappa shape index (κ3) is 7.09. The van der Waals surface area contributed by atoms with E-state index in [1.54, 1.807) is 18.0 Å². The van der Waals surface area contributed by atoms with E-state index in [2.05, 4.69) is 10.4 Å². The number of para-hydroxylation sites is 1. The maximum absolute atomic E-state index is 12.8. The van der Waals surface area contributed by atoms with Gasteiger partial charge in [-0.05, 0) is 19.1 Å². The third-order valence-corrected chi connectivity index (χ3v) is 4.81. The second-order valence-electron chi connectivity index (χ2n) is 7.21. The fourth-order valence-corrected chi connectivity index (χ4v) is 3.31. The Morgan fingerprint density at radius 1 is 1.25 bits per heavy atom. The Balaban J connectivity index is 1.46. The summed E-state index contributed by atoms with van der Waals surface area (Å²) in [6, 6.07) is 8.90. The van der Waals surface area contributed by atoms with Gasteiger partial charge in [-0.25, -0.2) is 0 Å². The van der Waals surface area contributed by atoms with Crippen molar-refractivity contribution in [3.05, 3.63) is 42.7 Å². The molecule has 1 aliphatic heterocycles. The third-order valence-electron chi connectivity index (χ3n) is 4.81. The molecule has 0 spiro atoms. The smallest absolute Gasteiger partial charge is 0.307 e. The molecule has 10 heteroatoms. The van der Waals surface area contributed by atoms with Crippen LogP contribution in [0.25, 0.3) is 0 Å². The van der Waals surface area contributed by atoms with Gasteiger partial charge in [0.25, 0.3) is 0 Å². The first-order valence-corrected chi connectivity index (χ1v) is 10.6. The second-order valence-corrected chi connectivity index (χ2v) is 7.21. The molecule has 2 heterocycles. The number of carbonyl (C=O) groups excluding carboxylic acids is 3. The van der Waals surface area contributed by atoms with Gasteiger partial charge in [0, 0.05) is 12.7 Å². The van der Waals surface area contributed by atoms with E-state index >= 15 is 0 Å². The van der Waals surface area contributed by atoms with Crippen LogP contribution in [0.1, 0.15) is 19.8 Å². The molecular formula is C22H28N4O6. The van der Waals surface area contributed by atoms with Crippen LogP contribution in [0.4, 0.5) is 5.69 Å². The fourth-order valence-electron chi connectivity index (χ4n) is 3.31. The number of carbonyl (C=O) groups is 3. The van der Waals surface area contributed by atoms with Crippen LogP contribution in [-0.4, -0.2) is 71.5 Å². The number of morpholine rings is 1. The molecule has 0 radical (unpaired) electrons. The Labute approximate surface area is 186 Å². The number of amides is 2. The van der Waals surface area contributed by atoms with Crippen LogP contribution in [-0.2, 0) is 30.4 Å². The normalized spacial score (nSPS) is 15.8. The zero-order valence-corrected chi connectivity index (χ0v) is 18.1. The molecule has 1 saturated heterocycles. The molecule has 0 aliphatic carbocycles. The summed E-state index contributed by atoms with van der Waals surface area (Å²) in [6.07, 6.45) is 3.35. The molecule has 1 unspecified atom stereocenters. The minimum absolute atomic E-state index is 0.00762. The lowest BCUT2D eigenvalue weighted by atomic mass is 10.1. The monoisotopic (exact) mass is 444 g/mol. The number of ether oxygens (including phenoxy) is 3. The van der Waals surface area contributed by atoms with Crippen molar-refractivity contribution >= 4 is 23.5 Å². The number of nitrogens with zero attached hydrogens (tertiary/aromatic N) is 3. The average Bonchev–Trinajstić information content (AvgIpc) is 3.21. The van der Waals surface area contributed by atoms with Crippen molar-refractivity contribution in [3.8, 4) is 5.75 Å².